The lowest BCUT2D eigenvalue weighted by atomic mass is 10.1. The van der Waals surface area contributed by atoms with E-state index in [2.05, 4.69) is 15.9 Å². The molecule has 0 bridgehead atoms. The Balaban J connectivity index is 1.64. The lowest BCUT2D eigenvalue weighted by Gasteiger charge is -2.01. The van der Waals surface area contributed by atoms with Gasteiger partial charge in [0.15, 0.2) is 6.61 Å². The summed E-state index contributed by atoms with van der Waals surface area (Å²) >= 11 is 4.51. The van der Waals surface area contributed by atoms with Crippen molar-refractivity contribution in [1.82, 2.24) is 0 Å². The number of rotatable bonds is 6. The summed E-state index contributed by atoms with van der Waals surface area (Å²) in [5.74, 6) is -0.766. The van der Waals surface area contributed by atoms with Crippen LogP contribution in [-0.2, 0) is 4.74 Å². The molecule has 1 aromatic carbocycles. The lowest BCUT2D eigenvalue weighted by molar-refractivity contribution is -0.384. The van der Waals surface area contributed by atoms with Crippen LogP contribution in [0, 0.1) is 10.1 Å². The van der Waals surface area contributed by atoms with Crippen LogP contribution >= 0.6 is 27.3 Å². The Morgan fingerprint density at radius 1 is 1.12 bits per heavy atom. The number of nitrogens with zero attached hydrogens (tertiary/aromatic N) is 1. The number of carbonyl (C=O) groups is 2. The van der Waals surface area contributed by atoms with E-state index >= 15 is 0 Å². The minimum absolute atomic E-state index is 0.0429. The van der Waals surface area contributed by atoms with E-state index in [-0.39, 0.29) is 23.8 Å². The molecule has 26 heavy (non-hydrogen) atoms. The van der Waals surface area contributed by atoms with E-state index in [1.165, 1.54) is 41.7 Å². The van der Waals surface area contributed by atoms with Crippen LogP contribution in [0.15, 0.2) is 56.7 Å². The number of ether oxygens (including phenoxy) is 1. The van der Waals surface area contributed by atoms with E-state index in [9.17, 15) is 19.7 Å². The van der Waals surface area contributed by atoms with Crippen LogP contribution in [0.1, 0.15) is 20.2 Å². The van der Waals surface area contributed by atoms with Crippen LogP contribution in [0.5, 0.6) is 0 Å². The number of ketones is 1. The number of furan rings is 1. The van der Waals surface area contributed by atoms with Gasteiger partial charge in [0.1, 0.15) is 5.76 Å². The molecule has 3 aromatic rings. The number of Topliss-reactive ketones (excluding diaryl/α,β-unsaturated/α-hetero) is 1. The summed E-state index contributed by atoms with van der Waals surface area (Å²) in [7, 11) is 0. The normalized spacial score (nSPS) is 10.5. The quantitative estimate of drug-likeness (QED) is 0.240. The van der Waals surface area contributed by atoms with Crippen LogP contribution in [0.2, 0.25) is 0 Å². The van der Waals surface area contributed by atoms with E-state index in [1.807, 2.05) is 0 Å². The van der Waals surface area contributed by atoms with E-state index in [0.717, 1.165) is 3.79 Å². The molecule has 2 heterocycles. The number of halogens is 1. The Hall–Kier alpha value is -2.78. The second kappa shape index (κ2) is 7.63. The Labute approximate surface area is 159 Å². The number of non-ortho nitro benzene ring substituents is 1. The highest BCUT2D eigenvalue weighted by atomic mass is 79.9. The monoisotopic (exact) mass is 435 g/mol. The molecule has 0 amide bonds. The topological polar surface area (TPSA) is 99.7 Å². The smallest absolute Gasteiger partial charge is 0.374 e. The molecule has 3 rings (SSSR count). The SMILES string of the molecule is O=C(OCC(=O)c1ccc(Br)s1)c1ccc(-c2ccc([N+](=O)[O-])cc2)o1. The van der Waals surface area contributed by atoms with Crippen molar-refractivity contribution in [3.8, 4) is 11.3 Å². The molecule has 9 heteroatoms. The third kappa shape index (κ3) is 4.06. The number of thiophene rings is 1. The zero-order chi connectivity index (χ0) is 18.7. The third-order valence-corrected chi connectivity index (χ3v) is 5.02. The number of carbonyl (C=O) groups excluding carboxylic acids is 2. The first-order valence-corrected chi connectivity index (χ1v) is 8.85. The standard InChI is InChI=1S/C17H10BrNO6S/c18-16-8-7-15(26-16)12(20)9-24-17(21)14-6-5-13(25-14)10-1-3-11(4-2-10)19(22)23/h1-8H,9H2. The molecule has 0 spiro atoms. The summed E-state index contributed by atoms with van der Waals surface area (Å²) in [5, 5.41) is 10.7. The molecule has 0 unspecified atom stereocenters. The van der Waals surface area contributed by atoms with Crippen molar-refractivity contribution in [3.05, 3.63) is 73.1 Å². The number of hydrogen-bond donors (Lipinski definition) is 0. The fourth-order valence-corrected chi connectivity index (χ4v) is 3.40. The summed E-state index contributed by atoms with van der Waals surface area (Å²) in [6.07, 6.45) is 0. The Morgan fingerprint density at radius 3 is 2.46 bits per heavy atom. The minimum atomic E-state index is -0.762. The minimum Gasteiger partial charge on any atom is -0.451 e. The first kappa shape index (κ1) is 18.0. The summed E-state index contributed by atoms with van der Waals surface area (Å²) in [4.78, 5) is 34.6. The summed E-state index contributed by atoms with van der Waals surface area (Å²) in [6, 6.07) is 12.1. The molecule has 0 saturated carbocycles. The fraction of sp³-hybridized carbons (Fsp3) is 0.0588. The lowest BCUT2D eigenvalue weighted by Crippen LogP contribution is -2.12. The van der Waals surface area contributed by atoms with Crippen molar-refractivity contribution >= 4 is 44.7 Å². The molecule has 0 aliphatic heterocycles. The van der Waals surface area contributed by atoms with Gasteiger partial charge in [-0.25, -0.2) is 4.79 Å². The zero-order valence-corrected chi connectivity index (χ0v) is 15.4. The van der Waals surface area contributed by atoms with Crippen molar-refractivity contribution in [3.63, 3.8) is 0 Å². The van der Waals surface area contributed by atoms with Gasteiger partial charge in [-0.1, -0.05) is 0 Å². The molecule has 0 radical (unpaired) electrons. The van der Waals surface area contributed by atoms with Crippen molar-refractivity contribution < 1.29 is 23.7 Å². The zero-order valence-electron chi connectivity index (χ0n) is 13.0. The summed E-state index contributed by atoms with van der Waals surface area (Å²) in [6.45, 7) is -0.390. The molecular formula is C17H10BrNO6S. The predicted octanol–water partition coefficient (Wildman–Crippen LogP) is 4.72. The second-order valence-electron chi connectivity index (χ2n) is 5.07. The molecule has 0 aliphatic rings. The second-order valence-corrected chi connectivity index (χ2v) is 7.53. The van der Waals surface area contributed by atoms with Crippen LogP contribution in [-0.4, -0.2) is 23.3 Å². The molecule has 0 fully saturated rings. The summed E-state index contributed by atoms with van der Waals surface area (Å²) in [5.41, 5.74) is 0.535. The molecule has 2 aromatic heterocycles. The maximum Gasteiger partial charge on any atom is 0.374 e. The van der Waals surface area contributed by atoms with Gasteiger partial charge in [-0.15, -0.1) is 11.3 Å². The van der Waals surface area contributed by atoms with E-state index < -0.39 is 10.9 Å². The molecule has 0 N–H and O–H groups in total. The van der Waals surface area contributed by atoms with Crippen molar-refractivity contribution in [1.29, 1.82) is 0 Å². The van der Waals surface area contributed by atoms with Gasteiger partial charge in [0.05, 0.1) is 13.6 Å². The number of nitro benzene ring substituents is 1. The van der Waals surface area contributed by atoms with E-state index in [0.29, 0.717) is 16.2 Å². The van der Waals surface area contributed by atoms with Crippen LogP contribution in [0.3, 0.4) is 0 Å². The van der Waals surface area contributed by atoms with Gasteiger partial charge in [-0.05, 0) is 52.3 Å². The maximum absolute atomic E-state index is 12.0. The van der Waals surface area contributed by atoms with Gasteiger partial charge < -0.3 is 9.15 Å². The predicted molar refractivity (Wildman–Crippen MR) is 97.4 cm³/mol. The van der Waals surface area contributed by atoms with Crippen LogP contribution in [0.4, 0.5) is 5.69 Å². The Morgan fingerprint density at radius 2 is 1.85 bits per heavy atom. The van der Waals surface area contributed by atoms with Crippen molar-refractivity contribution in [2.75, 3.05) is 6.61 Å². The van der Waals surface area contributed by atoms with Crippen LogP contribution in [0.25, 0.3) is 11.3 Å². The van der Waals surface area contributed by atoms with Crippen LogP contribution < -0.4 is 0 Å². The molecule has 0 saturated heterocycles. The highest BCUT2D eigenvalue weighted by molar-refractivity contribution is 9.11. The van der Waals surface area contributed by atoms with Gasteiger partial charge in [0, 0.05) is 17.7 Å². The molecule has 132 valence electrons. The molecule has 7 nitrogen and oxygen atoms in total. The first-order valence-electron chi connectivity index (χ1n) is 7.24. The largest absolute Gasteiger partial charge is 0.451 e. The Bertz CT molecular complexity index is 975. The number of hydrogen-bond acceptors (Lipinski definition) is 7. The maximum atomic E-state index is 12.0. The third-order valence-electron chi connectivity index (χ3n) is 3.35. The Kier molecular flexibility index (Phi) is 5.29. The number of esters is 1. The van der Waals surface area contributed by atoms with Crippen molar-refractivity contribution in [2.24, 2.45) is 0 Å². The molecule has 0 atom stereocenters. The van der Waals surface area contributed by atoms with Gasteiger partial charge in [-0.3, -0.25) is 14.9 Å². The molecule has 0 aliphatic carbocycles. The van der Waals surface area contributed by atoms with E-state index in [1.54, 1.807) is 18.2 Å². The molecular weight excluding hydrogens is 426 g/mol. The van der Waals surface area contributed by atoms with Gasteiger partial charge in [0.25, 0.3) is 5.69 Å². The number of nitro groups is 1. The number of benzene rings is 1. The summed E-state index contributed by atoms with van der Waals surface area (Å²) < 4.78 is 11.2. The van der Waals surface area contributed by atoms with Gasteiger partial charge >= 0.3 is 5.97 Å². The van der Waals surface area contributed by atoms with Gasteiger partial charge in [-0.2, -0.15) is 0 Å². The highest BCUT2D eigenvalue weighted by Gasteiger charge is 2.17. The highest BCUT2D eigenvalue weighted by Crippen LogP contribution is 2.25. The first-order chi connectivity index (χ1) is 12.4. The average molecular weight is 436 g/mol. The average Bonchev–Trinajstić information content (AvgIpc) is 3.29. The van der Waals surface area contributed by atoms with Crippen molar-refractivity contribution in [2.45, 2.75) is 0 Å². The fourth-order valence-electron chi connectivity index (χ4n) is 2.09. The van der Waals surface area contributed by atoms with E-state index in [4.69, 9.17) is 9.15 Å². The van der Waals surface area contributed by atoms with Gasteiger partial charge in [0.2, 0.25) is 11.5 Å².